The largest absolute Gasteiger partial charge is 0.495 e. The molecule has 1 aromatic heterocycles. The quantitative estimate of drug-likeness (QED) is 0.569. The Morgan fingerprint density at radius 3 is 2.71 bits per heavy atom. The molecule has 21 heavy (non-hydrogen) atoms. The third-order valence-electron chi connectivity index (χ3n) is 3.60. The van der Waals surface area contributed by atoms with E-state index in [0.717, 1.165) is 11.1 Å². The van der Waals surface area contributed by atoms with Gasteiger partial charge in [0, 0.05) is 6.20 Å². The zero-order valence-electron chi connectivity index (χ0n) is 11.8. The van der Waals surface area contributed by atoms with E-state index in [4.69, 9.17) is 10.6 Å². The smallest absolute Gasteiger partial charge is 0.137 e. The summed E-state index contributed by atoms with van der Waals surface area (Å²) in [4.78, 5) is 4.21. The van der Waals surface area contributed by atoms with Gasteiger partial charge in [0.25, 0.3) is 0 Å². The lowest BCUT2D eigenvalue weighted by molar-refractivity contribution is 0.411. The molecule has 4 nitrogen and oxygen atoms in total. The molecule has 0 aliphatic rings. The molecule has 0 bridgehead atoms. The molecule has 1 heterocycles. The fourth-order valence-corrected chi connectivity index (χ4v) is 2.57. The predicted molar refractivity (Wildman–Crippen MR) is 83.9 cm³/mol. The number of methoxy groups -OCH3 is 1. The highest BCUT2D eigenvalue weighted by Crippen LogP contribution is 2.29. The number of nitrogens with two attached hydrogens (primary N) is 1. The summed E-state index contributed by atoms with van der Waals surface area (Å²) in [5.41, 5.74) is 4.96. The minimum atomic E-state index is -0.140. The third kappa shape index (κ3) is 2.59. The average Bonchev–Trinajstić information content (AvgIpc) is 2.56. The summed E-state index contributed by atoms with van der Waals surface area (Å²) < 4.78 is 5.24. The van der Waals surface area contributed by atoms with Gasteiger partial charge in [0.2, 0.25) is 0 Å². The first-order valence-corrected chi connectivity index (χ1v) is 6.76. The summed E-state index contributed by atoms with van der Waals surface area (Å²) in [5, 5.41) is 2.36. The molecule has 1 atom stereocenters. The van der Waals surface area contributed by atoms with E-state index in [1.54, 1.807) is 19.5 Å². The SMILES string of the molecule is COc1cncc(C(NN)c2cccc3ccccc23)c1. The van der Waals surface area contributed by atoms with Crippen LogP contribution in [0.15, 0.2) is 60.9 Å². The zero-order chi connectivity index (χ0) is 14.7. The number of rotatable bonds is 4. The molecule has 0 amide bonds. The lowest BCUT2D eigenvalue weighted by Crippen LogP contribution is -2.29. The molecule has 4 heteroatoms. The van der Waals surface area contributed by atoms with Crippen LogP contribution in [0.2, 0.25) is 0 Å². The second-order valence-electron chi connectivity index (χ2n) is 4.83. The first kappa shape index (κ1) is 13.5. The van der Waals surface area contributed by atoms with Gasteiger partial charge in [-0.05, 0) is 28.0 Å². The van der Waals surface area contributed by atoms with Crippen molar-refractivity contribution in [3.63, 3.8) is 0 Å². The van der Waals surface area contributed by atoms with Crippen molar-refractivity contribution in [2.45, 2.75) is 6.04 Å². The summed E-state index contributed by atoms with van der Waals surface area (Å²) in [6.07, 6.45) is 3.48. The van der Waals surface area contributed by atoms with Gasteiger partial charge in [-0.15, -0.1) is 0 Å². The van der Waals surface area contributed by atoms with Crippen molar-refractivity contribution in [1.29, 1.82) is 0 Å². The average molecular weight is 279 g/mol. The first-order chi connectivity index (χ1) is 10.3. The van der Waals surface area contributed by atoms with Gasteiger partial charge in [0.1, 0.15) is 5.75 Å². The van der Waals surface area contributed by atoms with Crippen LogP contribution >= 0.6 is 0 Å². The van der Waals surface area contributed by atoms with E-state index in [1.165, 1.54) is 10.8 Å². The van der Waals surface area contributed by atoms with Gasteiger partial charge >= 0.3 is 0 Å². The number of aromatic nitrogens is 1. The van der Waals surface area contributed by atoms with Crippen molar-refractivity contribution >= 4 is 10.8 Å². The zero-order valence-corrected chi connectivity index (χ0v) is 11.8. The molecule has 0 fully saturated rings. The molecule has 0 spiro atoms. The number of pyridine rings is 1. The van der Waals surface area contributed by atoms with Crippen LogP contribution in [0, 0.1) is 0 Å². The molecule has 0 aliphatic heterocycles. The molecule has 0 radical (unpaired) electrons. The highest BCUT2D eigenvalue weighted by atomic mass is 16.5. The highest BCUT2D eigenvalue weighted by molar-refractivity contribution is 5.86. The van der Waals surface area contributed by atoms with Crippen molar-refractivity contribution in [3.8, 4) is 5.75 Å². The lowest BCUT2D eigenvalue weighted by atomic mass is 9.95. The lowest BCUT2D eigenvalue weighted by Gasteiger charge is -2.19. The van der Waals surface area contributed by atoms with Crippen LogP contribution in [0.5, 0.6) is 5.75 Å². The molecule has 0 saturated heterocycles. The number of fused-ring (bicyclic) bond motifs is 1. The second-order valence-corrected chi connectivity index (χ2v) is 4.83. The summed E-state index contributed by atoms with van der Waals surface area (Å²) in [6.45, 7) is 0. The Labute approximate surface area is 123 Å². The molecule has 3 rings (SSSR count). The van der Waals surface area contributed by atoms with Gasteiger partial charge in [-0.3, -0.25) is 10.8 Å². The molecule has 3 aromatic rings. The van der Waals surface area contributed by atoms with Gasteiger partial charge in [-0.25, -0.2) is 5.43 Å². The van der Waals surface area contributed by atoms with E-state index in [-0.39, 0.29) is 6.04 Å². The Hall–Kier alpha value is -2.43. The van der Waals surface area contributed by atoms with Crippen molar-refractivity contribution in [3.05, 3.63) is 72.1 Å². The van der Waals surface area contributed by atoms with E-state index in [9.17, 15) is 0 Å². The molecule has 1 unspecified atom stereocenters. The van der Waals surface area contributed by atoms with Crippen molar-refractivity contribution in [2.24, 2.45) is 5.84 Å². The van der Waals surface area contributed by atoms with E-state index in [2.05, 4.69) is 34.7 Å². The summed E-state index contributed by atoms with van der Waals surface area (Å²) in [7, 11) is 1.63. The van der Waals surface area contributed by atoms with Crippen LogP contribution in [0.3, 0.4) is 0 Å². The van der Waals surface area contributed by atoms with E-state index in [0.29, 0.717) is 5.75 Å². The fraction of sp³-hybridized carbons (Fsp3) is 0.118. The maximum atomic E-state index is 5.80. The van der Waals surface area contributed by atoms with Crippen molar-refractivity contribution in [2.75, 3.05) is 7.11 Å². The fourth-order valence-electron chi connectivity index (χ4n) is 2.57. The molecule has 0 aliphatic carbocycles. The Bertz CT molecular complexity index is 752. The summed E-state index contributed by atoms with van der Waals surface area (Å²) in [6, 6.07) is 16.3. The number of ether oxygens (including phenoxy) is 1. The third-order valence-corrected chi connectivity index (χ3v) is 3.60. The standard InChI is InChI=1S/C17H17N3O/c1-21-14-9-13(10-19-11-14)17(20-18)16-8-4-6-12-5-2-3-7-15(12)16/h2-11,17,20H,18H2,1H3. The van der Waals surface area contributed by atoms with Gasteiger partial charge in [0.15, 0.2) is 0 Å². The van der Waals surface area contributed by atoms with Gasteiger partial charge in [0.05, 0.1) is 19.3 Å². The monoisotopic (exact) mass is 279 g/mol. The van der Waals surface area contributed by atoms with E-state index < -0.39 is 0 Å². The molecule has 0 saturated carbocycles. The number of nitrogens with zero attached hydrogens (tertiary/aromatic N) is 1. The van der Waals surface area contributed by atoms with Crippen LogP contribution in [-0.4, -0.2) is 12.1 Å². The number of benzene rings is 2. The maximum Gasteiger partial charge on any atom is 0.137 e. The van der Waals surface area contributed by atoms with Crippen molar-refractivity contribution < 1.29 is 4.74 Å². The first-order valence-electron chi connectivity index (χ1n) is 6.76. The van der Waals surface area contributed by atoms with Gasteiger partial charge in [-0.2, -0.15) is 0 Å². The molecule has 3 N–H and O–H groups in total. The maximum absolute atomic E-state index is 5.80. The predicted octanol–water partition coefficient (Wildman–Crippen LogP) is 2.80. The Morgan fingerprint density at radius 1 is 1.10 bits per heavy atom. The Balaban J connectivity index is 2.13. The summed E-state index contributed by atoms with van der Waals surface area (Å²) >= 11 is 0. The number of hydrogen-bond acceptors (Lipinski definition) is 4. The molecular weight excluding hydrogens is 262 g/mol. The van der Waals surface area contributed by atoms with Crippen LogP contribution in [-0.2, 0) is 0 Å². The molecule has 106 valence electrons. The molecule has 2 aromatic carbocycles. The Morgan fingerprint density at radius 2 is 1.90 bits per heavy atom. The topological polar surface area (TPSA) is 60.2 Å². The van der Waals surface area contributed by atoms with E-state index in [1.807, 2.05) is 24.3 Å². The Kier molecular flexibility index (Phi) is 3.81. The minimum Gasteiger partial charge on any atom is -0.495 e. The number of nitrogens with one attached hydrogen (secondary N) is 1. The van der Waals surface area contributed by atoms with Crippen LogP contribution in [0.25, 0.3) is 10.8 Å². The normalized spacial score (nSPS) is 12.3. The van der Waals surface area contributed by atoms with Gasteiger partial charge < -0.3 is 4.74 Å². The summed E-state index contributed by atoms with van der Waals surface area (Å²) in [5.74, 6) is 6.52. The van der Waals surface area contributed by atoms with Crippen LogP contribution in [0.4, 0.5) is 0 Å². The number of hydrazine groups is 1. The number of hydrogen-bond donors (Lipinski definition) is 2. The van der Waals surface area contributed by atoms with Gasteiger partial charge in [-0.1, -0.05) is 42.5 Å². The minimum absolute atomic E-state index is 0.140. The van der Waals surface area contributed by atoms with Crippen molar-refractivity contribution in [1.82, 2.24) is 10.4 Å². The van der Waals surface area contributed by atoms with E-state index >= 15 is 0 Å². The highest BCUT2D eigenvalue weighted by Gasteiger charge is 2.16. The van der Waals surface area contributed by atoms with Crippen LogP contribution in [0.1, 0.15) is 17.2 Å². The van der Waals surface area contributed by atoms with Crippen LogP contribution < -0.4 is 16.0 Å². The molecular formula is C17H17N3O. The second kappa shape index (κ2) is 5.91.